The van der Waals surface area contributed by atoms with Crippen LogP contribution in [0.25, 0.3) is 10.1 Å². The van der Waals surface area contributed by atoms with Crippen LogP contribution >= 0.6 is 34.7 Å². The quantitative estimate of drug-likeness (QED) is 0.262. The predicted octanol–water partition coefficient (Wildman–Crippen LogP) is 6.36. The number of fused-ring (bicyclic) bond motifs is 1. The molecule has 2 aromatic heterocycles. The van der Waals surface area contributed by atoms with Crippen molar-refractivity contribution in [3.05, 3.63) is 70.1 Å². The Bertz CT molecular complexity index is 1180. The van der Waals surface area contributed by atoms with Gasteiger partial charge in [0.15, 0.2) is 22.5 Å². The number of methoxy groups -OCH3 is 1. The second kappa shape index (κ2) is 9.99. The van der Waals surface area contributed by atoms with Crippen molar-refractivity contribution in [2.24, 2.45) is 0 Å². The zero-order chi connectivity index (χ0) is 21.8. The zero-order valence-corrected chi connectivity index (χ0v) is 19.4. The van der Waals surface area contributed by atoms with E-state index >= 15 is 0 Å². The average molecular weight is 478 g/mol. The SMILES string of the molecule is COCC(C)n1c(COc2ccccc2F)nnc1SCc1sc2ccccc2c1Cl. The van der Waals surface area contributed by atoms with Crippen molar-refractivity contribution in [2.75, 3.05) is 13.7 Å². The van der Waals surface area contributed by atoms with Crippen LogP contribution in [-0.2, 0) is 17.1 Å². The Hall–Kier alpha value is -2.13. The minimum Gasteiger partial charge on any atom is -0.483 e. The molecule has 5 nitrogen and oxygen atoms in total. The number of hydrogen-bond acceptors (Lipinski definition) is 6. The highest BCUT2D eigenvalue weighted by Gasteiger charge is 2.20. The molecule has 9 heteroatoms. The van der Waals surface area contributed by atoms with E-state index in [0.29, 0.717) is 18.2 Å². The van der Waals surface area contributed by atoms with Crippen LogP contribution in [0.5, 0.6) is 5.75 Å². The molecule has 0 fully saturated rings. The standard InChI is InChI=1S/C22H21ClFN3O2S2/c1-14(11-28-2)27-20(12-29-17-9-5-4-8-16(17)24)25-26-22(27)30-13-19-21(23)15-7-3-6-10-18(15)31-19/h3-10,14H,11-13H2,1-2H3. The molecule has 162 valence electrons. The van der Waals surface area contributed by atoms with Gasteiger partial charge in [-0.25, -0.2) is 4.39 Å². The first kappa shape index (κ1) is 22.1. The maximum atomic E-state index is 13.9. The summed E-state index contributed by atoms with van der Waals surface area (Å²) in [7, 11) is 1.65. The third kappa shape index (κ3) is 4.87. The van der Waals surface area contributed by atoms with Gasteiger partial charge in [-0.1, -0.05) is 53.7 Å². The Kier molecular flexibility index (Phi) is 7.12. The summed E-state index contributed by atoms with van der Waals surface area (Å²) in [6.45, 7) is 2.62. The molecule has 4 aromatic rings. The van der Waals surface area contributed by atoms with Crippen LogP contribution in [0, 0.1) is 5.82 Å². The molecule has 0 aliphatic heterocycles. The number of nitrogens with zero attached hydrogens (tertiary/aromatic N) is 3. The summed E-state index contributed by atoms with van der Waals surface area (Å²) in [6, 6.07) is 14.4. The van der Waals surface area contributed by atoms with Crippen LogP contribution in [0.15, 0.2) is 53.7 Å². The van der Waals surface area contributed by atoms with Crippen LogP contribution in [0.4, 0.5) is 4.39 Å². The molecule has 0 N–H and O–H groups in total. The second-order valence-corrected chi connectivity index (χ2v) is 9.37. The summed E-state index contributed by atoms with van der Waals surface area (Å²) in [5.41, 5.74) is 0. The average Bonchev–Trinajstić information content (AvgIpc) is 3.33. The first-order valence-corrected chi connectivity index (χ1v) is 11.8. The first-order chi connectivity index (χ1) is 15.1. The summed E-state index contributed by atoms with van der Waals surface area (Å²) in [4.78, 5) is 1.09. The van der Waals surface area contributed by atoms with Gasteiger partial charge in [-0.3, -0.25) is 4.57 Å². The van der Waals surface area contributed by atoms with Gasteiger partial charge in [0.1, 0.15) is 6.61 Å². The van der Waals surface area contributed by atoms with E-state index in [0.717, 1.165) is 25.1 Å². The van der Waals surface area contributed by atoms with Gasteiger partial charge in [0, 0.05) is 27.8 Å². The molecule has 0 amide bonds. The lowest BCUT2D eigenvalue weighted by Gasteiger charge is -2.17. The summed E-state index contributed by atoms with van der Waals surface area (Å²) >= 11 is 9.83. The van der Waals surface area contributed by atoms with Crippen molar-refractivity contribution in [1.82, 2.24) is 14.8 Å². The fourth-order valence-electron chi connectivity index (χ4n) is 3.25. The molecule has 0 bridgehead atoms. The number of thioether (sulfide) groups is 1. The largest absolute Gasteiger partial charge is 0.483 e. The highest BCUT2D eigenvalue weighted by Crippen LogP contribution is 2.38. The molecule has 0 saturated heterocycles. The summed E-state index contributed by atoms with van der Waals surface area (Å²) in [6.07, 6.45) is 0. The molecule has 0 aliphatic carbocycles. The minimum atomic E-state index is -0.410. The van der Waals surface area contributed by atoms with Gasteiger partial charge in [0.2, 0.25) is 0 Å². The molecule has 0 radical (unpaired) electrons. The topological polar surface area (TPSA) is 49.2 Å². The number of para-hydroxylation sites is 1. The van der Waals surface area contributed by atoms with Crippen molar-refractivity contribution >= 4 is 44.8 Å². The second-order valence-electron chi connectivity index (χ2n) is 6.92. The number of ether oxygens (including phenoxy) is 2. The molecule has 4 rings (SSSR count). The molecule has 2 heterocycles. The molecule has 1 atom stereocenters. The fraction of sp³-hybridized carbons (Fsp3) is 0.273. The van der Waals surface area contributed by atoms with Crippen LogP contribution in [0.1, 0.15) is 23.7 Å². The lowest BCUT2D eigenvalue weighted by Crippen LogP contribution is -2.16. The summed E-state index contributed by atoms with van der Waals surface area (Å²) in [5.74, 6) is 1.05. The number of halogens is 2. The Balaban J connectivity index is 1.55. The Morgan fingerprint density at radius 3 is 2.71 bits per heavy atom. The van der Waals surface area contributed by atoms with Crippen molar-refractivity contribution in [3.63, 3.8) is 0 Å². The normalized spacial score (nSPS) is 12.4. The van der Waals surface area contributed by atoms with Crippen molar-refractivity contribution < 1.29 is 13.9 Å². The minimum absolute atomic E-state index is 0.0143. The molecular formula is C22H21ClFN3O2S2. The van der Waals surface area contributed by atoms with Crippen molar-refractivity contribution in [1.29, 1.82) is 0 Å². The molecule has 31 heavy (non-hydrogen) atoms. The van der Waals surface area contributed by atoms with E-state index in [1.54, 1.807) is 48.4 Å². The Morgan fingerprint density at radius 2 is 1.94 bits per heavy atom. The summed E-state index contributed by atoms with van der Waals surface area (Å²) in [5, 5.41) is 11.3. The molecule has 0 saturated carbocycles. The highest BCUT2D eigenvalue weighted by molar-refractivity contribution is 7.98. The molecule has 1 unspecified atom stereocenters. The molecule has 0 aliphatic rings. The number of aromatic nitrogens is 3. The maximum absolute atomic E-state index is 13.9. The number of rotatable bonds is 9. The third-order valence-electron chi connectivity index (χ3n) is 4.71. The van der Waals surface area contributed by atoms with Crippen molar-refractivity contribution in [2.45, 2.75) is 30.5 Å². The van der Waals surface area contributed by atoms with Gasteiger partial charge in [0.25, 0.3) is 0 Å². The number of thiophene rings is 1. The zero-order valence-electron chi connectivity index (χ0n) is 17.0. The Morgan fingerprint density at radius 1 is 1.16 bits per heavy atom. The van der Waals surface area contributed by atoms with Gasteiger partial charge in [-0.2, -0.15) is 0 Å². The van der Waals surface area contributed by atoms with Gasteiger partial charge < -0.3 is 9.47 Å². The monoisotopic (exact) mass is 477 g/mol. The van der Waals surface area contributed by atoms with Crippen molar-refractivity contribution in [3.8, 4) is 5.75 Å². The van der Waals surface area contributed by atoms with Crippen LogP contribution in [-0.4, -0.2) is 28.5 Å². The van der Waals surface area contributed by atoms with Gasteiger partial charge >= 0.3 is 0 Å². The van der Waals surface area contributed by atoms with Crippen LogP contribution < -0.4 is 4.74 Å². The van der Waals surface area contributed by atoms with E-state index in [1.165, 1.54) is 6.07 Å². The Labute approximate surface area is 193 Å². The van der Waals surface area contributed by atoms with Crippen LogP contribution in [0.2, 0.25) is 5.02 Å². The van der Waals surface area contributed by atoms with E-state index < -0.39 is 5.82 Å². The lowest BCUT2D eigenvalue weighted by molar-refractivity contribution is 0.154. The third-order valence-corrected chi connectivity index (χ3v) is 7.58. The predicted molar refractivity (Wildman–Crippen MR) is 124 cm³/mol. The lowest BCUT2D eigenvalue weighted by atomic mass is 10.2. The van der Waals surface area contributed by atoms with E-state index in [9.17, 15) is 4.39 Å². The van der Waals surface area contributed by atoms with Gasteiger partial charge in [-0.15, -0.1) is 21.5 Å². The highest BCUT2D eigenvalue weighted by atomic mass is 35.5. The number of hydrogen-bond donors (Lipinski definition) is 0. The fourth-order valence-corrected chi connectivity index (χ4v) is 5.97. The van der Waals surface area contributed by atoms with Crippen LogP contribution in [0.3, 0.4) is 0 Å². The van der Waals surface area contributed by atoms with E-state index in [1.807, 2.05) is 29.7 Å². The van der Waals surface area contributed by atoms with E-state index in [-0.39, 0.29) is 18.4 Å². The van der Waals surface area contributed by atoms with Gasteiger partial charge in [0.05, 0.1) is 17.7 Å². The summed E-state index contributed by atoms with van der Waals surface area (Å²) < 4.78 is 28.0. The van der Waals surface area contributed by atoms with E-state index in [2.05, 4.69) is 16.3 Å². The molecule has 0 spiro atoms. The first-order valence-electron chi connectivity index (χ1n) is 9.67. The number of benzene rings is 2. The van der Waals surface area contributed by atoms with Gasteiger partial charge in [-0.05, 0) is 25.1 Å². The van der Waals surface area contributed by atoms with E-state index in [4.69, 9.17) is 21.1 Å². The molecule has 2 aromatic carbocycles. The molecular weight excluding hydrogens is 457 g/mol. The maximum Gasteiger partial charge on any atom is 0.192 e. The smallest absolute Gasteiger partial charge is 0.192 e.